The van der Waals surface area contributed by atoms with Gasteiger partial charge in [0, 0.05) is 46.0 Å². The fraction of sp³-hybridized carbons (Fsp3) is 0.750. The Bertz CT molecular complexity index is 323. The molecule has 0 saturated carbocycles. The third-order valence-corrected chi connectivity index (χ3v) is 2.80. The minimum absolute atomic E-state index is 0.547. The van der Waals surface area contributed by atoms with Crippen LogP contribution < -0.4 is 5.32 Å². The molecule has 0 radical (unpaired) electrons. The molecule has 0 aliphatic carbocycles. The Kier molecular flexibility index (Phi) is 5.61. The molecular formula is C12H23N3O2. The fourth-order valence-electron chi connectivity index (χ4n) is 1.65. The van der Waals surface area contributed by atoms with E-state index in [4.69, 9.17) is 4.74 Å². The van der Waals surface area contributed by atoms with Gasteiger partial charge in [0.2, 0.25) is 0 Å². The van der Waals surface area contributed by atoms with Crippen molar-refractivity contribution >= 4 is 0 Å². The SMILES string of the molecule is CCn1cncc1CNCC(C)(O)CCOC. The zero-order valence-electron chi connectivity index (χ0n) is 10.9. The maximum atomic E-state index is 10.0. The van der Waals surface area contributed by atoms with Crippen molar-refractivity contribution < 1.29 is 9.84 Å². The first-order chi connectivity index (χ1) is 8.09. The number of aromatic nitrogens is 2. The van der Waals surface area contributed by atoms with E-state index in [0.717, 1.165) is 18.8 Å². The van der Waals surface area contributed by atoms with Crippen LogP contribution in [-0.2, 0) is 17.8 Å². The highest BCUT2D eigenvalue weighted by Gasteiger charge is 2.19. The molecule has 17 heavy (non-hydrogen) atoms. The predicted molar refractivity (Wildman–Crippen MR) is 66.7 cm³/mol. The molecule has 2 N–H and O–H groups in total. The van der Waals surface area contributed by atoms with E-state index in [2.05, 4.69) is 21.8 Å². The van der Waals surface area contributed by atoms with E-state index in [0.29, 0.717) is 19.6 Å². The van der Waals surface area contributed by atoms with Crippen LogP contribution in [0.5, 0.6) is 0 Å². The normalized spacial score (nSPS) is 14.8. The van der Waals surface area contributed by atoms with Gasteiger partial charge in [-0.3, -0.25) is 0 Å². The van der Waals surface area contributed by atoms with Gasteiger partial charge in [0.05, 0.1) is 17.6 Å². The van der Waals surface area contributed by atoms with Gasteiger partial charge in [0.25, 0.3) is 0 Å². The summed E-state index contributed by atoms with van der Waals surface area (Å²) in [6, 6.07) is 0. The fourth-order valence-corrected chi connectivity index (χ4v) is 1.65. The lowest BCUT2D eigenvalue weighted by Gasteiger charge is -2.23. The van der Waals surface area contributed by atoms with Crippen LogP contribution in [0, 0.1) is 0 Å². The predicted octanol–water partition coefficient (Wildman–Crippen LogP) is 0.780. The molecule has 1 unspecified atom stereocenters. The Morgan fingerprint density at radius 2 is 2.35 bits per heavy atom. The van der Waals surface area contributed by atoms with E-state index in [1.165, 1.54) is 0 Å². The molecule has 0 aromatic carbocycles. The molecule has 5 heteroatoms. The lowest BCUT2D eigenvalue weighted by molar-refractivity contribution is 0.0246. The van der Waals surface area contributed by atoms with Crippen LogP contribution >= 0.6 is 0 Å². The van der Waals surface area contributed by atoms with Gasteiger partial charge >= 0.3 is 0 Å². The van der Waals surface area contributed by atoms with Crippen LogP contribution in [0.15, 0.2) is 12.5 Å². The zero-order valence-corrected chi connectivity index (χ0v) is 10.9. The smallest absolute Gasteiger partial charge is 0.0948 e. The second kappa shape index (κ2) is 6.74. The lowest BCUT2D eigenvalue weighted by atomic mass is 10.0. The van der Waals surface area contributed by atoms with Crippen LogP contribution in [0.2, 0.25) is 0 Å². The quantitative estimate of drug-likeness (QED) is 0.706. The maximum absolute atomic E-state index is 10.0. The first-order valence-corrected chi connectivity index (χ1v) is 6.00. The molecule has 0 saturated heterocycles. The second-order valence-corrected chi connectivity index (χ2v) is 4.51. The van der Waals surface area contributed by atoms with Crippen molar-refractivity contribution in [3.8, 4) is 0 Å². The van der Waals surface area contributed by atoms with Gasteiger partial charge in [-0.15, -0.1) is 0 Å². The number of hydrogen-bond donors (Lipinski definition) is 2. The summed E-state index contributed by atoms with van der Waals surface area (Å²) in [5.41, 5.74) is 0.405. The molecule has 1 aromatic rings. The summed E-state index contributed by atoms with van der Waals surface area (Å²) in [4.78, 5) is 4.10. The Hall–Kier alpha value is -0.910. The van der Waals surface area contributed by atoms with Crippen LogP contribution in [0.25, 0.3) is 0 Å². The van der Waals surface area contributed by atoms with Crippen LogP contribution in [-0.4, -0.2) is 40.5 Å². The van der Waals surface area contributed by atoms with E-state index in [1.807, 2.05) is 19.4 Å². The number of nitrogens with one attached hydrogen (secondary N) is 1. The van der Waals surface area contributed by atoms with E-state index in [1.54, 1.807) is 7.11 Å². The minimum atomic E-state index is -0.729. The molecule has 1 heterocycles. The van der Waals surface area contributed by atoms with Crippen molar-refractivity contribution in [2.75, 3.05) is 20.3 Å². The van der Waals surface area contributed by atoms with Gasteiger partial charge in [-0.05, 0) is 13.8 Å². The first kappa shape index (κ1) is 14.2. The number of nitrogens with zero attached hydrogens (tertiary/aromatic N) is 2. The summed E-state index contributed by atoms with van der Waals surface area (Å²) in [5.74, 6) is 0. The Morgan fingerprint density at radius 1 is 1.59 bits per heavy atom. The van der Waals surface area contributed by atoms with Gasteiger partial charge in [-0.1, -0.05) is 0 Å². The average Bonchev–Trinajstić information content (AvgIpc) is 2.74. The molecular weight excluding hydrogens is 218 g/mol. The summed E-state index contributed by atoms with van der Waals surface area (Å²) in [7, 11) is 1.64. The molecule has 0 amide bonds. The molecule has 5 nitrogen and oxygen atoms in total. The molecule has 1 rings (SSSR count). The topological polar surface area (TPSA) is 59.3 Å². The highest BCUT2D eigenvalue weighted by atomic mass is 16.5. The molecule has 0 spiro atoms. The molecule has 0 fully saturated rings. The van der Waals surface area contributed by atoms with E-state index >= 15 is 0 Å². The molecule has 1 atom stereocenters. The number of hydrogen-bond acceptors (Lipinski definition) is 4. The van der Waals surface area contributed by atoms with Gasteiger partial charge in [0.1, 0.15) is 0 Å². The molecule has 0 aliphatic heterocycles. The summed E-state index contributed by atoms with van der Waals surface area (Å²) in [6.07, 6.45) is 4.30. The number of imidazole rings is 1. The zero-order chi connectivity index (χ0) is 12.7. The largest absolute Gasteiger partial charge is 0.389 e. The monoisotopic (exact) mass is 241 g/mol. The number of methoxy groups -OCH3 is 1. The number of aliphatic hydroxyl groups is 1. The summed E-state index contributed by atoms with van der Waals surface area (Å²) < 4.78 is 7.04. The summed E-state index contributed by atoms with van der Waals surface area (Å²) in [6.45, 7) is 6.65. The van der Waals surface area contributed by atoms with Crippen molar-refractivity contribution in [1.29, 1.82) is 0 Å². The number of ether oxygens (including phenoxy) is 1. The van der Waals surface area contributed by atoms with Gasteiger partial charge in [-0.2, -0.15) is 0 Å². The Labute approximate surface area is 103 Å². The van der Waals surface area contributed by atoms with Crippen molar-refractivity contribution in [2.45, 2.75) is 39.0 Å². The summed E-state index contributed by atoms with van der Waals surface area (Å²) in [5, 5.41) is 13.3. The van der Waals surface area contributed by atoms with E-state index in [9.17, 15) is 5.11 Å². The highest BCUT2D eigenvalue weighted by Crippen LogP contribution is 2.08. The molecule has 1 aromatic heterocycles. The maximum Gasteiger partial charge on any atom is 0.0948 e. The standard InChI is InChI=1S/C12H23N3O2/c1-4-15-10-14-8-11(15)7-13-9-12(2,16)5-6-17-3/h8,10,13,16H,4-7,9H2,1-3H3. The van der Waals surface area contributed by atoms with Crippen LogP contribution in [0.3, 0.4) is 0 Å². The Morgan fingerprint density at radius 3 is 3.00 bits per heavy atom. The van der Waals surface area contributed by atoms with Gasteiger partial charge < -0.3 is 19.7 Å². The Balaban J connectivity index is 2.32. The van der Waals surface area contributed by atoms with Crippen molar-refractivity contribution in [3.63, 3.8) is 0 Å². The molecule has 98 valence electrons. The first-order valence-electron chi connectivity index (χ1n) is 6.00. The van der Waals surface area contributed by atoms with Crippen molar-refractivity contribution in [2.24, 2.45) is 0 Å². The van der Waals surface area contributed by atoms with E-state index < -0.39 is 5.60 Å². The minimum Gasteiger partial charge on any atom is -0.389 e. The lowest BCUT2D eigenvalue weighted by Crippen LogP contribution is -2.38. The number of rotatable bonds is 8. The third kappa shape index (κ3) is 4.85. The molecule has 0 aliphatic rings. The van der Waals surface area contributed by atoms with Gasteiger partial charge in [0.15, 0.2) is 0 Å². The average molecular weight is 241 g/mol. The van der Waals surface area contributed by atoms with Crippen LogP contribution in [0.4, 0.5) is 0 Å². The van der Waals surface area contributed by atoms with Crippen molar-refractivity contribution in [3.05, 3.63) is 18.2 Å². The molecule has 0 bridgehead atoms. The third-order valence-electron chi connectivity index (χ3n) is 2.80. The van der Waals surface area contributed by atoms with Crippen LogP contribution in [0.1, 0.15) is 26.0 Å². The number of aryl methyl sites for hydroxylation is 1. The van der Waals surface area contributed by atoms with E-state index in [-0.39, 0.29) is 0 Å². The van der Waals surface area contributed by atoms with Crippen molar-refractivity contribution in [1.82, 2.24) is 14.9 Å². The van der Waals surface area contributed by atoms with Gasteiger partial charge in [-0.25, -0.2) is 4.98 Å². The summed E-state index contributed by atoms with van der Waals surface area (Å²) >= 11 is 0. The highest BCUT2D eigenvalue weighted by molar-refractivity contribution is 4.97. The second-order valence-electron chi connectivity index (χ2n) is 4.51.